The summed E-state index contributed by atoms with van der Waals surface area (Å²) in [5.41, 5.74) is 1.15. The van der Waals surface area contributed by atoms with Crippen LogP contribution in [0.4, 0.5) is 5.69 Å². The van der Waals surface area contributed by atoms with E-state index in [-0.39, 0.29) is 0 Å². The van der Waals surface area contributed by atoms with Gasteiger partial charge in [-0.15, -0.1) is 0 Å². The molecule has 2 aliphatic heterocycles. The molecule has 2 heterocycles. The number of amidine groups is 1. The van der Waals surface area contributed by atoms with Gasteiger partial charge in [0, 0.05) is 26.2 Å². The number of hydrogen-bond acceptors (Lipinski definition) is 5. The fraction of sp³-hybridized carbons (Fsp3) is 0.391. The van der Waals surface area contributed by atoms with E-state index < -0.39 is 11.4 Å². The average molecular weight is 393 g/mol. The van der Waals surface area contributed by atoms with Crippen molar-refractivity contribution in [3.8, 4) is 11.5 Å². The van der Waals surface area contributed by atoms with Crippen LogP contribution in [0.1, 0.15) is 25.8 Å². The number of piperazine rings is 1. The predicted octanol–water partition coefficient (Wildman–Crippen LogP) is 3.99. The highest BCUT2D eigenvalue weighted by Crippen LogP contribution is 2.37. The lowest BCUT2D eigenvalue weighted by Crippen LogP contribution is -2.49. The van der Waals surface area contributed by atoms with Crippen molar-refractivity contribution in [3.63, 3.8) is 0 Å². The number of benzene rings is 2. The highest BCUT2D eigenvalue weighted by molar-refractivity contribution is 6.03. The Bertz CT molecular complexity index is 930. The second-order valence-corrected chi connectivity index (χ2v) is 8.27. The summed E-state index contributed by atoms with van der Waals surface area (Å²) in [6.07, 6.45) is 0.646. The van der Waals surface area contributed by atoms with Gasteiger partial charge in [0.1, 0.15) is 17.3 Å². The van der Waals surface area contributed by atoms with Gasteiger partial charge in [-0.2, -0.15) is 0 Å². The Balaban J connectivity index is 1.50. The molecule has 0 bridgehead atoms. The third kappa shape index (κ3) is 4.12. The van der Waals surface area contributed by atoms with Gasteiger partial charge in [0.25, 0.3) is 0 Å². The smallest absolute Gasteiger partial charge is 0.309 e. The molecular formula is C23H27N3O3. The van der Waals surface area contributed by atoms with Crippen LogP contribution < -0.4 is 4.74 Å². The standard InChI is InChI=1S/C23H27N3O3/c1-23(2,22(27)28)11-12-25-13-15-26(16-14-25)21-17-7-3-5-9-19(17)29-20-10-6-4-8-18(20)24-21/h3-10H,11-16H2,1-2H3,(H,27,28). The minimum atomic E-state index is -0.737. The van der Waals surface area contributed by atoms with Crippen molar-refractivity contribution < 1.29 is 14.6 Å². The van der Waals surface area contributed by atoms with Crippen molar-refractivity contribution >= 4 is 17.5 Å². The van der Waals surface area contributed by atoms with Crippen molar-refractivity contribution in [2.45, 2.75) is 20.3 Å². The van der Waals surface area contributed by atoms with Gasteiger partial charge in [0.2, 0.25) is 0 Å². The van der Waals surface area contributed by atoms with Crippen LogP contribution in [-0.4, -0.2) is 59.4 Å². The lowest BCUT2D eigenvalue weighted by Gasteiger charge is -2.37. The second-order valence-electron chi connectivity index (χ2n) is 8.27. The molecule has 0 aromatic heterocycles. The van der Waals surface area contributed by atoms with E-state index in [1.165, 1.54) is 0 Å². The first-order valence-electron chi connectivity index (χ1n) is 10.1. The summed E-state index contributed by atoms with van der Waals surface area (Å²) < 4.78 is 6.14. The topological polar surface area (TPSA) is 65.4 Å². The van der Waals surface area contributed by atoms with Gasteiger partial charge in [-0.25, -0.2) is 4.99 Å². The SMILES string of the molecule is CC(C)(CCN1CCN(C2=Nc3ccccc3Oc3ccccc32)CC1)C(=O)O. The fourth-order valence-corrected chi connectivity index (χ4v) is 3.64. The molecule has 0 atom stereocenters. The first kappa shape index (κ1) is 19.5. The number of nitrogens with zero attached hydrogens (tertiary/aromatic N) is 3. The molecule has 1 N–H and O–H groups in total. The van der Waals surface area contributed by atoms with Crippen LogP contribution in [0.15, 0.2) is 53.5 Å². The Labute approximate surface area is 171 Å². The van der Waals surface area contributed by atoms with E-state index in [4.69, 9.17) is 9.73 Å². The third-order valence-corrected chi connectivity index (χ3v) is 5.74. The number of carboxylic acids is 1. The predicted molar refractivity (Wildman–Crippen MR) is 113 cm³/mol. The van der Waals surface area contributed by atoms with Crippen molar-refractivity contribution in [2.75, 3.05) is 32.7 Å². The molecule has 0 amide bonds. The summed E-state index contributed by atoms with van der Waals surface area (Å²) in [6, 6.07) is 15.9. The van der Waals surface area contributed by atoms with E-state index in [0.29, 0.717) is 6.42 Å². The highest BCUT2D eigenvalue weighted by atomic mass is 16.5. The van der Waals surface area contributed by atoms with Crippen molar-refractivity contribution in [1.82, 2.24) is 9.80 Å². The van der Waals surface area contributed by atoms with Crippen molar-refractivity contribution in [2.24, 2.45) is 10.4 Å². The fourth-order valence-electron chi connectivity index (χ4n) is 3.64. The molecule has 4 rings (SSSR count). The minimum absolute atomic E-state index is 0.646. The Morgan fingerprint density at radius 3 is 2.41 bits per heavy atom. The van der Waals surface area contributed by atoms with Crippen LogP contribution in [0.5, 0.6) is 11.5 Å². The Hall–Kier alpha value is -2.86. The van der Waals surface area contributed by atoms with Gasteiger partial charge in [-0.05, 0) is 51.1 Å². The van der Waals surface area contributed by atoms with Crippen molar-refractivity contribution in [3.05, 3.63) is 54.1 Å². The zero-order valence-corrected chi connectivity index (χ0v) is 17.0. The van der Waals surface area contributed by atoms with Crippen LogP contribution in [0.2, 0.25) is 0 Å². The normalized spacial score (nSPS) is 16.9. The lowest BCUT2D eigenvalue weighted by atomic mass is 9.89. The molecule has 2 aromatic carbocycles. The van der Waals surface area contributed by atoms with E-state index in [1.807, 2.05) is 42.5 Å². The van der Waals surface area contributed by atoms with Crippen molar-refractivity contribution in [1.29, 1.82) is 0 Å². The van der Waals surface area contributed by atoms with E-state index >= 15 is 0 Å². The largest absolute Gasteiger partial charge is 0.481 e. The molecule has 1 saturated heterocycles. The number of hydrogen-bond donors (Lipinski definition) is 1. The maximum atomic E-state index is 11.3. The maximum absolute atomic E-state index is 11.3. The van der Waals surface area contributed by atoms with E-state index in [2.05, 4.69) is 15.9 Å². The van der Waals surface area contributed by atoms with E-state index in [1.54, 1.807) is 13.8 Å². The molecule has 152 valence electrons. The van der Waals surface area contributed by atoms with E-state index in [9.17, 15) is 9.90 Å². The molecule has 0 aliphatic carbocycles. The number of rotatable bonds is 4. The first-order chi connectivity index (χ1) is 13.9. The molecule has 6 heteroatoms. The Morgan fingerprint density at radius 1 is 1.03 bits per heavy atom. The number of aliphatic carboxylic acids is 1. The number of ether oxygens (including phenoxy) is 1. The number of aliphatic imine (C=N–C) groups is 1. The quantitative estimate of drug-likeness (QED) is 0.851. The second kappa shape index (κ2) is 7.87. The molecule has 0 unspecified atom stereocenters. The molecule has 2 aromatic rings. The van der Waals surface area contributed by atoms with Crippen LogP contribution in [-0.2, 0) is 4.79 Å². The number of para-hydroxylation sites is 3. The Morgan fingerprint density at radius 2 is 1.69 bits per heavy atom. The summed E-state index contributed by atoms with van der Waals surface area (Å²) in [4.78, 5) is 21.0. The first-order valence-corrected chi connectivity index (χ1v) is 10.1. The zero-order chi connectivity index (χ0) is 20.4. The lowest BCUT2D eigenvalue weighted by molar-refractivity contribution is -0.147. The van der Waals surface area contributed by atoms with Gasteiger partial charge in [-0.3, -0.25) is 9.69 Å². The molecular weight excluding hydrogens is 366 g/mol. The summed E-state index contributed by atoms with van der Waals surface area (Å²) in [5.74, 6) is 1.79. The van der Waals surface area contributed by atoms with E-state index in [0.717, 1.165) is 61.3 Å². The molecule has 0 spiro atoms. The molecule has 29 heavy (non-hydrogen) atoms. The molecule has 6 nitrogen and oxygen atoms in total. The third-order valence-electron chi connectivity index (χ3n) is 5.74. The van der Waals surface area contributed by atoms with Gasteiger partial charge >= 0.3 is 5.97 Å². The summed E-state index contributed by atoms with van der Waals surface area (Å²) in [7, 11) is 0. The summed E-state index contributed by atoms with van der Waals surface area (Å²) >= 11 is 0. The monoisotopic (exact) mass is 393 g/mol. The van der Waals surface area contributed by atoms with Crippen LogP contribution in [0, 0.1) is 5.41 Å². The van der Waals surface area contributed by atoms with Gasteiger partial charge < -0.3 is 14.7 Å². The van der Waals surface area contributed by atoms with Gasteiger partial charge in [0.05, 0.1) is 11.0 Å². The Kier molecular flexibility index (Phi) is 5.28. The molecule has 1 fully saturated rings. The maximum Gasteiger partial charge on any atom is 0.309 e. The van der Waals surface area contributed by atoms with Gasteiger partial charge in [-0.1, -0.05) is 24.3 Å². The highest BCUT2D eigenvalue weighted by Gasteiger charge is 2.29. The average Bonchev–Trinajstić information content (AvgIpc) is 2.89. The van der Waals surface area contributed by atoms with Crippen LogP contribution in [0.3, 0.4) is 0 Å². The summed E-state index contributed by atoms with van der Waals surface area (Å²) in [6.45, 7) is 7.85. The van der Waals surface area contributed by atoms with Gasteiger partial charge in [0.15, 0.2) is 5.75 Å². The zero-order valence-electron chi connectivity index (χ0n) is 17.0. The number of fused-ring (bicyclic) bond motifs is 2. The molecule has 0 saturated carbocycles. The van der Waals surface area contributed by atoms with Crippen LogP contribution >= 0.6 is 0 Å². The van der Waals surface area contributed by atoms with Crippen LogP contribution in [0.25, 0.3) is 0 Å². The number of carboxylic acid groups (broad SMARTS) is 1. The molecule has 0 radical (unpaired) electrons. The minimum Gasteiger partial charge on any atom is -0.481 e. The number of carbonyl (C=O) groups is 1. The molecule has 2 aliphatic rings. The summed E-state index contributed by atoms with van der Waals surface area (Å²) in [5, 5.41) is 9.33.